The topological polar surface area (TPSA) is 52.6 Å². The summed E-state index contributed by atoms with van der Waals surface area (Å²) >= 11 is 0. The Kier molecular flexibility index (Phi) is 16.5. The predicted molar refractivity (Wildman–Crippen MR) is 93.3 cm³/mol. The van der Waals surface area contributed by atoms with E-state index in [9.17, 15) is 9.59 Å². The standard InChI is InChI=1S/C19H36O4/c1-3-22-18(20)16-14-12-10-8-6-5-7-9-11-13-15-17-19(21)23-4-2/h3-17H2,1-2H3. The van der Waals surface area contributed by atoms with Gasteiger partial charge in [-0.3, -0.25) is 9.59 Å². The zero-order valence-electron chi connectivity index (χ0n) is 15.2. The Balaban J connectivity index is 3.11. The van der Waals surface area contributed by atoms with Gasteiger partial charge in [-0.2, -0.15) is 0 Å². The first-order valence-corrected chi connectivity index (χ1v) is 9.52. The molecule has 0 aliphatic heterocycles. The molecule has 0 aromatic carbocycles. The summed E-state index contributed by atoms with van der Waals surface area (Å²) in [5.74, 6) is -0.120. The van der Waals surface area contributed by atoms with E-state index in [0.717, 1.165) is 25.7 Å². The molecule has 0 atom stereocenters. The minimum absolute atomic E-state index is 0.0598. The smallest absolute Gasteiger partial charge is 0.305 e. The van der Waals surface area contributed by atoms with Gasteiger partial charge in [-0.05, 0) is 26.7 Å². The van der Waals surface area contributed by atoms with Gasteiger partial charge >= 0.3 is 11.9 Å². The molecule has 4 nitrogen and oxygen atoms in total. The highest BCUT2D eigenvalue weighted by Crippen LogP contribution is 2.12. The van der Waals surface area contributed by atoms with Crippen molar-refractivity contribution in [1.82, 2.24) is 0 Å². The van der Waals surface area contributed by atoms with Crippen LogP contribution in [0.15, 0.2) is 0 Å². The predicted octanol–water partition coefficient (Wildman–Crippen LogP) is 5.18. The Morgan fingerprint density at radius 1 is 0.522 bits per heavy atom. The third-order valence-corrected chi connectivity index (χ3v) is 3.87. The minimum atomic E-state index is -0.0598. The lowest BCUT2D eigenvalue weighted by molar-refractivity contribution is -0.144. The number of unbranched alkanes of at least 4 members (excludes halogenated alkanes) is 10. The van der Waals surface area contributed by atoms with Crippen molar-refractivity contribution in [3.05, 3.63) is 0 Å². The SMILES string of the molecule is CCOC(=O)CCCCCCCCCCCCCC(=O)OCC. The number of esters is 2. The average Bonchev–Trinajstić information content (AvgIpc) is 2.52. The van der Waals surface area contributed by atoms with Crippen molar-refractivity contribution < 1.29 is 19.1 Å². The largest absolute Gasteiger partial charge is 0.466 e. The van der Waals surface area contributed by atoms with Crippen molar-refractivity contribution in [2.24, 2.45) is 0 Å². The third-order valence-electron chi connectivity index (χ3n) is 3.87. The van der Waals surface area contributed by atoms with Crippen molar-refractivity contribution in [2.75, 3.05) is 13.2 Å². The molecular formula is C19H36O4. The van der Waals surface area contributed by atoms with E-state index < -0.39 is 0 Å². The highest BCUT2D eigenvalue weighted by molar-refractivity contribution is 5.69. The number of carbonyl (C=O) groups excluding carboxylic acids is 2. The number of hydrogen-bond donors (Lipinski definition) is 0. The van der Waals surface area contributed by atoms with Gasteiger partial charge < -0.3 is 9.47 Å². The van der Waals surface area contributed by atoms with E-state index >= 15 is 0 Å². The molecule has 0 saturated heterocycles. The van der Waals surface area contributed by atoms with Gasteiger partial charge in [0.25, 0.3) is 0 Å². The van der Waals surface area contributed by atoms with Crippen LogP contribution in [0.25, 0.3) is 0 Å². The molecule has 0 fully saturated rings. The summed E-state index contributed by atoms with van der Waals surface area (Å²) in [4.78, 5) is 22.3. The molecule has 0 spiro atoms. The maximum atomic E-state index is 11.1. The summed E-state index contributed by atoms with van der Waals surface area (Å²) in [6.07, 6.45) is 14.2. The van der Waals surface area contributed by atoms with Gasteiger partial charge in [-0.15, -0.1) is 0 Å². The molecule has 0 saturated carbocycles. The van der Waals surface area contributed by atoms with E-state index in [2.05, 4.69) is 0 Å². The Labute approximate surface area is 142 Å². The Hall–Kier alpha value is -1.06. The summed E-state index contributed by atoms with van der Waals surface area (Å²) in [6.45, 7) is 4.67. The van der Waals surface area contributed by atoms with Crippen LogP contribution in [0.3, 0.4) is 0 Å². The molecule has 0 N–H and O–H groups in total. The molecule has 0 radical (unpaired) electrons. The molecule has 0 heterocycles. The Morgan fingerprint density at radius 2 is 0.783 bits per heavy atom. The summed E-state index contributed by atoms with van der Waals surface area (Å²) in [6, 6.07) is 0. The highest BCUT2D eigenvalue weighted by Gasteiger charge is 2.01. The van der Waals surface area contributed by atoms with Gasteiger partial charge in [0.05, 0.1) is 13.2 Å². The summed E-state index contributed by atoms with van der Waals surface area (Å²) < 4.78 is 9.80. The van der Waals surface area contributed by atoms with Crippen molar-refractivity contribution in [3.8, 4) is 0 Å². The number of carbonyl (C=O) groups is 2. The van der Waals surface area contributed by atoms with Gasteiger partial charge in [0, 0.05) is 12.8 Å². The molecule has 0 aromatic rings. The van der Waals surface area contributed by atoms with E-state index in [1.54, 1.807) is 0 Å². The van der Waals surface area contributed by atoms with Gasteiger partial charge in [-0.25, -0.2) is 0 Å². The fourth-order valence-corrected chi connectivity index (χ4v) is 2.60. The van der Waals surface area contributed by atoms with E-state index in [4.69, 9.17) is 9.47 Å². The summed E-state index contributed by atoms with van der Waals surface area (Å²) in [7, 11) is 0. The van der Waals surface area contributed by atoms with Crippen molar-refractivity contribution >= 4 is 11.9 Å². The Bertz CT molecular complexity index is 261. The lowest BCUT2D eigenvalue weighted by atomic mass is 10.0. The first-order valence-electron chi connectivity index (χ1n) is 9.52. The molecule has 0 aliphatic rings. The molecule has 0 unspecified atom stereocenters. The monoisotopic (exact) mass is 328 g/mol. The maximum absolute atomic E-state index is 11.1. The molecule has 23 heavy (non-hydrogen) atoms. The maximum Gasteiger partial charge on any atom is 0.305 e. The molecule has 136 valence electrons. The van der Waals surface area contributed by atoms with Crippen LogP contribution in [0.5, 0.6) is 0 Å². The summed E-state index contributed by atoms with van der Waals surface area (Å²) in [5.41, 5.74) is 0. The first-order chi connectivity index (χ1) is 11.2. The highest BCUT2D eigenvalue weighted by atomic mass is 16.5. The average molecular weight is 328 g/mol. The van der Waals surface area contributed by atoms with Gasteiger partial charge in [0.1, 0.15) is 0 Å². The van der Waals surface area contributed by atoms with Crippen LogP contribution in [0, 0.1) is 0 Å². The molecule has 4 heteroatoms. The first kappa shape index (κ1) is 21.9. The van der Waals surface area contributed by atoms with Crippen LogP contribution in [0.1, 0.15) is 97.3 Å². The third kappa shape index (κ3) is 17.1. The zero-order chi connectivity index (χ0) is 17.2. The van der Waals surface area contributed by atoms with Crippen molar-refractivity contribution in [1.29, 1.82) is 0 Å². The fourth-order valence-electron chi connectivity index (χ4n) is 2.60. The summed E-state index contributed by atoms with van der Waals surface area (Å²) in [5, 5.41) is 0. The van der Waals surface area contributed by atoms with Crippen LogP contribution in [0.4, 0.5) is 0 Å². The van der Waals surface area contributed by atoms with E-state index in [-0.39, 0.29) is 11.9 Å². The van der Waals surface area contributed by atoms with Crippen LogP contribution < -0.4 is 0 Å². The van der Waals surface area contributed by atoms with E-state index in [1.807, 2.05) is 13.8 Å². The second-order valence-corrected chi connectivity index (χ2v) is 6.00. The lowest BCUT2D eigenvalue weighted by Crippen LogP contribution is -2.03. The molecule has 0 aromatic heterocycles. The van der Waals surface area contributed by atoms with E-state index in [1.165, 1.54) is 44.9 Å². The van der Waals surface area contributed by atoms with Crippen LogP contribution in [-0.2, 0) is 19.1 Å². The second-order valence-electron chi connectivity index (χ2n) is 6.00. The quantitative estimate of drug-likeness (QED) is 0.289. The van der Waals surface area contributed by atoms with Crippen molar-refractivity contribution in [2.45, 2.75) is 97.3 Å². The lowest BCUT2D eigenvalue weighted by Gasteiger charge is -2.04. The molecule has 0 rings (SSSR count). The van der Waals surface area contributed by atoms with Crippen molar-refractivity contribution in [3.63, 3.8) is 0 Å². The van der Waals surface area contributed by atoms with Crippen LogP contribution in [-0.4, -0.2) is 25.2 Å². The van der Waals surface area contributed by atoms with Gasteiger partial charge in [-0.1, -0.05) is 57.8 Å². The Morgan fingerprint density at radius 3 is 1.04 bits per heavy atom. The van der Waals surface area contributed by atoms with Gasteiger partial charge in [0.15, 0.2) is 0 Å². The second kappa shape index (κ2) is 17.3. The minimum Gasteiger partial charge on any atom is -0.466 e. The van der Waals surface area contributed by atoms with Crippen LogP contribution >= 0.6 is 0 Å². The van der Waals surface area contributed by atoms with E-state index in [0.29, 0.717) is 26.1 Å². The van der Waals surface area contributed by atoms with Crippen LogP contribution in [0.2, 0.25) is 0 Å². The number of rotatable bonds is 16. The fraction of sp³-hybridized carbons (Fsp3) is 0.895. The molecule has 0 amide bonds. The molecule has 0 bridgehead atoms. The molecular weight excluding hydrogens is 292 g/mol. The molecule has 0 aliphatic carbocycles. The number of ether oxygens (including phenoxy) is 2. The van der Waals surface area contributed by atoms with Gasteiger partial charge in [0.2, 0.25) is 0 Å². The normalized spacial score (nSPS) is 10.5. The zero-order valence-corrected chi connectivity index (χ0v) is 15.2. The number of hydrogen-bond acceptors (Lipinski definition) is 4.